The number of hydrogen-bond donors (Lipinski definition) is 1. The molecule has 2 rings (SSSR count). The Balaban J connectivity index is 2.34. The molecule has 1 aliphatic rings. The molecule has 1 heterocycles. The zero-order valence-corrected chi connectivity index (χ0v) is 17.4. The Hall–Kier alpha value is -1.93. The van der Waals surface area contributed by atoms with Crippen LogP contribution in [0.25, 0.3) is 0 Å². The number of sulfonamides is 1. The lowest BCUT2D eigenvalue weighted by molar-refractivity contribution is -0.155. The first-order valence-electron chi connectivity index (χ1n) is 9.10. The van der Waals surface area contributed by atoms with Crippen molar-refractivity contribution in [3.63, 3.8) is 0 Å². The second-order valence-corrected chi connectivity index (χ2v) is 9.65. The minimum atomic E-state index is -3.89. The maximum Gasteiger partial charge on any atom is 0.321 e. The van der Waals surface area contributed by atoms with Crippen LogP contribution in [0.5, 0.6) is 0 Å². The second kappa shape index (κ2) is 7.98. The number of nitrogens with one attached hydrogen (secondary N) is 1. The second-order valence-electron chi connectivity index (χ2n) is 7.76. The van der Waals surface area contributed by atoms with E-state index < -0.39 is 21.6 Å². The van der Waals surface area contributed by atoms with Crippen LogP contribution in [-0.2, 0) is 30.8 Å². The molecule has 0 bridgehead atoms. The molecule has 7 nitrogen and oxygen atoms in total. The standard InChI is InChI=1S/C19H28N2O5S/c1-6-13(2)21(12-18(23)26-19(3,4)5)27(24,25)15-8-9-16-14(11-15)7-10-17(22)20-16/h8-9,11,13H,6-7,10,12H2,1-5H3,(H,20,22). The molecule has 0 radical (unpaired) electrons. The number of carbonyl (C=O) groups excluding carboxylic acids is 2. The number of anilines is 1. The highest BCUT2D eigenvalue weighted by Crippen LogP contribution is 2.28. The van der Waals surface area contributed by atoms with Crippen LogP contribution in [0.2, 0.25) is 0 Å². The van der Waals surface area contributed by atoms with Gasteiger partial charge in [0.2, 0.25) is 15.9 Å². The fraction of sp³-hybridized carbons (Fsp3) is 0.579. The van der Waals surface area contributed by atoms with Gasteiger partial charge in [-0.25, -0.2) is 8.42 Å². The van der Waals surface area contributed by atoms with Gasteiger partial charge in [-0.3, -0.25) is 9.59 Å². The largest absolute Gasteiger partial charge is 0.459 e. The molecule has 1 atom stereocenters. The van der Waals surface area contributed by atoms with Gasteiger partial charge in [-0.15, -0.1) is 0 Å². The molecule has 1 unspecified atom stereocenters. The van der Waals surface area contributed by atoms with E-state index in [1.54, 1.807) is 39.8 Å². The van der Waals surface area contributed by atoms with Crippen LogP contribution < -0.4 is 5.32 Å². The van der Waals surface area contributed by atoms with E-state index in [9.17, 15) is 18.0 Å². The first-order chi connectivity index (χ1) is 12.4. The summed E-state index contributed by atoms with van der Waals surface area (Å²) >= 11 is 0. The van der Waals surface area contributed by atoms with Gasteiger partial charge < -0.3 is 10.1 Å². The molecule has 0 spiro atoms. The van der Waals surface area contributed by atoms with Crippen LogP contribution in [-0.4, -0.2) is 42.8 Å². The predicted octanol–water partition coefficient (Wildman–Crippen LogP) is 2.70. The van der Waals surface area contributed by atoms with Gasteiger partial charge in [-0.05, 0) is 64.3 Å². The number of carbonyl (C=O) groups is 2. The van der Waals surface area contributed by atoms with Crippen molar-refractivity contribution in [2.24, 2.45) is 0 Å². The zero-order chi connectivity index (χ0) is 20.4. The highest BCUT2D eigenvalue weighted by molar-refractivity contribution is 7.89. The molecular formula is C19H28N2O5S. The van der Waals surface area contributed by atoms with E-state index in [0.717, 1.165) is 5.56 Å². The fourth-order valence-corrected chi connectivity index (χ4v) is 4.54. The molecule has 0 saturated carbocycles. The van der Waals surface area contributed by atoms with Crippen LogP contribution >= 0.6 is 0 Å². The summed E-state index contributed by atoms with van der Waals surface area (Å²) in [4.78, 5) is 23.9. The molecule has 1 aromatic rings. The minimum absolute atomic E-state index is 0.0794. The Bertz CT molecular complexity index is 827. The molecule has 1 amide bonds. The van der Waals surface area contributed by atoms with E-state index in [0.29, 0.717) is 24.9 Å². The molecule has 0 fully saturated rings. The molecule has 1 N–H and O–H groups in total. The van der Waals surface area contributed by atoms with Gasteiger partial charge in [-0.1, -0.05) is 6.92 Å². The fourth-order valence-electron chi connectivity index (χ4n) is 2.84. The third kappa shape index (κ3) is 5.29. The molecule has 150 valence electrons. The van der Waals surface area contributed by atoms with E-state index >= 15 is 0 Å². The Morgan fingerprint density at radius 1 is 1.30 bits per heavy atom. The topological polar surface area (TPSA) is 92.8 Å². The number of esters is 1. The monoisotopic (exact) mass is 396 g/mol. The molecule has 0 aliphatic carbocycles. The lowest BCUT2D eigenvalue weighted by Gasteiger charge is -2.29. The average Bonchev–Trinajstić information content (AvgIpc) is 2.56. The number of hydrogen-bond acceptors (Lipinski definition) is 5. The van der Waals surface area contributed by atoms with Gasteiger partial charge in [0.15, 0.2) is 0 Å². The molecule has 0 aromatic heterocycles. The molecule has 1 aliphatic heterocycles. The highest BCUT2D eigenvalue weighted by Gasteiger charge is 2.32. The summed E-state index contributed by atoms with van der Waals surface area (Å²) in [7, 11) is -3.89. The molecule has 0 saturated heterocycles. The zero-order valence-electron chi connectivity index (χ0n) is 16.5. The van der Waals surface area contributed by atoms with E-state index in [1.807, 2.05) is 6.92 Å². The van der Waals surface area contributed by atoms with Crippen molar-refractivity contribution >= 4 is 27.6 Å². The van der Waals surface area contributed by atoms with Crippen LogP contribution in [0.15, 0.2) is 23.1 Å². The van der Waals surface area contributed by atoms with Gasteiger partial charge in [0.25, 0.3) is 0 Å². The molecular weight excluding hydrogens is 368 g/mol. The Morgan fingerprint density at radius 2 is 1.96 bits per heavy atom. The third-order valence-electron chi connectivity index (χ3n) is 4.37. The lowest BCUT2D eigenvalue weighted by Crippen LogP contribution is -2.43. The summed E-state index contributed by atoms with van der Waals surface area (Å²) in [6.45, 7) is 8.51. The molecule has 1 aromatic carbocycles. The summed E-state index contributed by atoms with van der Waals surface area (Å²) in [5, 5.41) is 2.74. The van der Waals surface area contributed by atoms with Gasteiger partial charge in [-0.2, -0.15) is 4.31 Å². The van der Waals surface area contributed by atoms with Gasteiger partial charge in [0, 0.05) is 18.2 Å². The quantitative estimate of drug-likeness (QED) is 0.746. The number of rotatable bonds is 6. The summed E-state index contributed by atoms with van der Waals surface area (Å²) in [6, 6.07) is 4.28. The van der Waals surface area contributed by atoms with Crippen molar-refractivity contribution in [2.45, 2.75) is 70.4 Å². The van der Waals surface area contributed by atoms with Crippen LogP contribution in [0.3, 0.4) is 0 Å². The number of nitrogens with zero attached hydrogens (tertiary/aromatic N) is 1. The Morgan fingerprint density at radius 3 is 2.56 bits per heavy atom. The van der Waals surface area contributed by atoms with Crippen LogP contribution in [0, 0.1) is 0 Å². The van der Waals surface area contributed by atoms with Crippen molar-refractivity contribution in [1.29, 1.82) is 0 Å². The number of ether oxygens (including phenoxy) is 1. The highest BCUT2D eigenvalue weighted by atomic mass is 32.2. The normalized spacial score (nSPS) is 15.9. The first kappa shape index (κ1) is 21.4. The predicted molar refractivity (Wildman–Crippen MR) is 103 cm³/mol. The van der Waals surface area contributed by atoms with Crippen molar-refractivity contribution in [3.05, 3.63) is 23.8 Å². The van der Waals surface area contributed by atoms with Crippen molar-refractivity contribution in [3.8, 4) is 0 Å². The summed E-state index contributed by atoms with van der Waals surface area (Å²) in [5.41, 5.74) is 0.718. The Labute approximate surface area is 161 Å². The first-order valence-corrected chi connectivity index (χ1v) is 10.5. The third-order valence-corrected chi connectivity index (χ3v) is 6.32. The van der Waals surface area contributed by atoms with Crippen molar-refractivity contribution in [1.82, 2.24) is 4.31 Å². The van der Waals surface area contributed by atoms with Crippen LogP contribution in [0.4, 0.5) is 5.69 Å². The number of benzene rings is 1. The van der Waals surface area contributed by atoms with Crippen LogP contribution in [0.1, 0.15) is 53.0 Å². The summed E-state index contributed by atoms with van der Waals surface area (Å²) < 4.78 is 32.9. The van der Waals surface area contributed by atoms with E-state index in [4.69, 9.17) is 4.74 Å². The smallest absolute Gasteiger partial charge is 0.321 e. The van der Waals surface area contributed by atoms with E-state index in [2.05, 4.69) is 5.32 Å². The number of fused-ring (bicyclic) bond motifs is 1. The molecule has 8 heteroatoms. The van der Waals surface area contributed by atoms with E-state index in [1.165, 1.54) is 10.4 Å². The van der Waals surface area contributed by atoms with E-state index in [-0.39, 0.29) is 23.4 Å². The van der Waals surface area contributed by atoms with Gasteiger partial charge in [0.05, 0.1) is 4.90 Å². The van der Waals surface area contributed by atoms with Gasteiger partial charge >= 0.3 is 5.97 Å². The minimum Gasteiger partial charge on any atom is -0.459 e. The number of aryl methyl sites for hydroxylation is 1. The van der Waals surface area contributed by atoms with Crippen molar-refractivity contribution in [2.75, 3.05) is 11.9 Å². The summed E-state index contributed by atoms with van der Waals surface area (Å²) in [5.74, 6) is -0.666. The lowest BCUT2D eigenvalue weighted by atomic mass is 10.0. The summed E-state index contributed by atoms with van der Waals surface area (Å²) in [6.07, 6.45) is 1.37. The number of amides is 1. The molecule has 27 heavy (non-hydrogen) atoms. The maximum absolute atomic E-state index is 13.2. The average molecular weight is 397 g/mol. The maximum atomic E-state index is 13.2. The van der Waals surface area contributed by atoms with Crippen molar-refractivity contribution < 1.29 is 22.7 Å². The SMILES string of the molecule is CCC(C)N(CC(=O)OC(C)(C)C)S(=O)(=O)c1ccc2c(c1)CCC(=O)N2. The Kier molecular flexibility index (Phi) is 6.32. The van der Waals surface area contributed by atoms with Gasteiger partial charge in [0.1, 0.15) is 12.1 Å².